The Labute approximate surface area is 154 Å². The smallest absolute Gasteiger partial charge is 0.0388 e. The Morgan fingerprint density at radius 2 is 1.38 bits per heavy atom. The Morgan fingerprint density at radius 1 is 0.708 bits per heavy atom. The summed E-state index contributed by atoms with van der Waals surface area (Å²) < 4.78 is 0. The van der Waals surface area contributed by atoms with Crippen LogP contribution in [0, 0.1) is 35.5 Å². The van der Waals surface area contributed by atoms with E-state index in [2.05, 4.69) is 27.7 Å². The molecule has 0 nitrogen and oxygen atoms in total. The van der Waals surface area contributed by atoms with Gasteiger partial charge >= 0.3 is 0 Å². The van der Waals surface area contributed by atoms with Gasteiger partial charge in [-0.1, -0.05) is 92.9 Å². The van der Waals surface area contributed by atoms with Crippen molar-refractivity contribution in [2.24, 2.45) is 35.5 Å². The zero-order valence-corrected chi connectivity index (χ0v) is 17.9. The van der Waals surface area contributed by atoms with Gasteiger partial charge in [0.2, 0.25) is 0 Å². The van der Waals surface area contributed by atoms with Crippen LogP contribution < -0.4 is 0 Å². The maximum Gasteiger partial charge on any atom is -0.0388 e. The first kappa shape index (κ1) is 22.0. The summed E-state index contributed by atoms with van der Waals surface area (Å²) in [6, 6.07) is 0. The van der Waals surface area contributed by atoms with Crippen LogP contribution in [0.5, 0.6) is 0 Å². The molecule has 24 heavy (non-hydrogen) atoms. The van der Waals surface area contributed by atoms with E-state index in [1.807, 2.05) is 13.8 Å². The lowest BCUT2D eigenvalue weighted by Gasteiger charge is -2.40. The Bertz CT molecular complexity index is 284. The molecule has 4 saturated carbocycles. The zero-order valence-electron chi connectivity index (χ0n) is 17.9. The fraction of sp³-hybridized carbons (Fsp3) is 1.00. The molecule has 4 atom stereocenters. The van der Waals surface area contributed by atoms with Crippen molar-refractivity contribution in [2.45, 2.75) is 119 Å². The fourth-order valence-electron chi connectivity index (χ4n) is 5.36. The first-order chi connectivity index (χ1) is 11.6. The SMILES string of the molecule is CC.CC1CC2CCC1CC2.CCCCC1CCCC(C)C(C)C1. The van der Waals surface area contributed by atoms with E-state index >= 15 is 0 Å². The molecule has 0 aromatic carbocycles. The lowest BCUT2D eigenvalue weighted by atomic mass is 9.65. The molecule has 4 aliphatic carbocycles. The molecule has 0 saturated heterocycles. The molecule has 2 bridgehead atoms. The van der Waals surface area contributed by atoms with E-state index in [1.54, 1.807) is 32.1 Å². The van der Waals surface area contributed by atoms with Crippen molar-refractivity contribution in [1.82, 2.24) is 0 Å². The highest BCUT2D eigenvalue weighted by atomic mass is 14.4. The van der Waals surface area contributed by atoms with Crippen molar-refractivity contribution in [3.8, 4) is 0 Å². The highest BCUT2D eigenvalue weighted by Crippen LogP contribution is 2.44. The topological polar surface area (TPSA) is 0 Å². The van der Waals surface area contributed by atoms with Crippen molar-refractivity contribution in [3.63, 3.8) is 0 Å². The van der Waals surface area contributed by atoms with Gasteiger partial charge in [0.25, 0.3) is 0 Å². The van der Waals surface area contributed by atoms with Crippen LogP contribution in [0.3, 0.4) is 0 Å². The third-order valence-electron chi connectivity index (χ3n) is 7.32. The van der Waals surface area contributed by atoms with Crippen LogP contribution in [0.2, 0.25) is 0 Å². The fourth-order valence-corrected chi connectivity index (χ4v) is 5.36. The number of fused-ring (bicyclic) bond motifs is 3. The van der Waals surface area contributed by atoms with E-state index in [-0.39, 0.29) is 0 Å². The number of rotatable bonds is 3. The van der Waals surface area contributed by atoms with Gasteiger partial charge in [0.05, 0.1) is 0 Å². The van der Waals surface area contributed by atoms with Crippen LogP contribution in [0.4, 0.5) is 0 Å². The van der Waals surface area contributed by atoms with Crippen LogP contribution in [0.1, 0.15) is 119 Å². The second-order valence-electron chi connectivity index (χ2n) is 9.12. The lowest BCUT2D eigenvalue weighted by Crippen LogP contribution is -2.29. The first-order valence-electron chi connectivity index (χ1n) is 11.6. The van der Waals surface area contributed by atoms with Gasteiger partial charge < -0.3 is 0 Å². The molecule has 0 aromatic heterocycles. The first-order valence-corrected chi connectivity index (χ1v) is 11.6. The largest absolute Gasteiger partial charge is 0.0683 e. The summed E-state index contributed by atoms with van der Waals surface area (Å²) in [6.07, 6.45) is 18.0. The molecule has 0 aromatic rings. The van der Waals surface area contributed by atoms with Crippen LogP contribution in [0.25, 0.3) is 0 Å². The highest BCUT2D eigenvalue weighted by Gasteiger charge is 2.32. The molecule has 4 aliphatic rings. The quantitative estimate of drug-likeness (QED) is 0.453. The second-order valence-corrected chi connectivity index (χ2v) is 9.12. The molecule has 0 aliphatic heterocycles. The molecule has 0 heteroatoms. The van der Waals surface area contributed by atoms with Crippen LogP contribution >= 0.6 is 0 Å². The zero-order chi connectivity index (χ0) is 17.9. The monoisotopic (exact) mass is 336 g/mol. The second kappa shape index (κ2) is 12.4. The van der Waals surface area contributed by atoms with Gasteiger partial charge in [0.15, 0.2) is 0 Å². The van der Waals surface area contributed by atoms with Gasteiger partial charge in [-0.05, 0) is 61.2 Å². The summed E-state index contributed by atoms with van der Waals surface area (Å²) in [4.78, 5) is 0. The van der Waals surface area contributed by atoms with Gasteiger partial charge in [-0.3, -0.25) is 0 Å². The number of unbranched alkanes of at least 4 members (excludes halogenated alkanes) is 1. The minimum atomic E-state index is 0.976. The molecule has 4 rings (SSSR count). The van der Waals surface area contributed by atoms with E-state index in [1.165, 1.54) is 44.9 Å². The number of hydrogen-bond acceptors (Lipinski definition) is 0. The maximum absolute atomic E-state index is 2.45. The average molecular weight is 337 g/mol. The maximum atomic E-state index is 2.45. The molecule has 4 unspecified atom stereocenters. The van der Waals surface area contributed by atoms with E-state index in [4.69, 9.17) is 0 Å². The Kier molecular flexibility index (Phi) is 11.4. The van der Waals surface area contributed by atoms with Crippen molar-refractivity contribution in [1.29, 1.82) is 0 Å². The van der Waals surface area contributed by atoms with Gasteiger partial charge in [0, 0.05) is 0 Å². The average Bonchev–Trinajstić information content (AvgIpc) is 2.77. The molecule has 0 heterocycles. The number of hydrogen-bond donors (Lipinski definition) is 0. The molecule has 0 radical (unpaired) electrons. The van der Waals surface area contributed by atoms with E-state index in [0.717, 1.165) is 35.5 Å². The van der Waals surface area contributed by atoms with E-state index in [9.17, 15) is 0 Å². The predicted molar refractivity (Wildman–Crippen MR) is 110 cm³/mol. The standard InChI is InChI=1S/C13H26.C9H16.C2H6/c1-4-5-8-13-9-6-7-11(2)12(3)10-13;1-7-6-8-2-4-9(7)5-3-8;1-2/h11-13H,4-10H2,1-3H3;7-9H,2-6H2,1H3;1-2H3. The summed E-state index contributed by atoms with van der Waals surface area (Å²) in [5.41, 5.74) is 0. The van der Waals surface area contributed by atoms with Crippen molar-refractivity contribution < 1.29 is 0 Å². The third kappa shape index (κ3) is 7.49. The van der Waals surface area contributed by atoms with E-state index in [0.29, 0.717) is 0 Å². The lowest BCUT2D eigenvalue weighted by molar-refractivity contribution is 0.111. The minimum absolute atomic E-state index is 0.976. The van der Waals surface area contributed by atoms with Crippen molar-refractivity contribution in [2.75, 3.05) is 0 Å². The van der Waals surface area contributed by atoms with E-state index < -0.39 is 0 Å². The van der Waals surface area contributed by atoms with Crippen molar-refractivity contribution >= 4 is 0 Å². The van der Waals surface area contributed by atoms with Gasteiger partial charge in [0.1, 0.15) is 0 Å². The van der Waals surface area contributed by atoms with Gasteiger partial charge in [-0.2, -0.15) is 0 Å². The predicted octanol–water partition coefficient (Wildman–Crippen LogP) is 8.50. The summed E-state index contributed by atoms with van der Waals surface area (Å²) in [7, 11) is 0. The van der Waals surface area contributed by atoms with Crippen LogP contribution in [0.15, 0.2) is 0 Å². The normalized spacial score (nSPS) is 38.2. The highest BCUT2D eigenvalue weighted by molar-refractivity contribution is 4.83. The summed E-state index contributed by atoms with van der Waals surface area (Å²) >= 11 is 0. The Hall–Kier alpha value is 0. The Morgan fingerprint density at radius 3 is 1.83 bits per heavy atom. The minimum Gasteiger partial charge on any atom is -0.0683 e. The Balaban J connectivity index is 0.000000227. The van der Waals surface area contributed by atoms with Gasteiger partial charge in [-0.15, -0.1) is 0 Å². The third-order valence-corrected chi connectivity index (χ3v) is 7.32. The molecular formula is C24H48. The van der Waals surface area contributed by atoms with Gasteiger partial charge in [-0.25, -0.2) is 0 Å². The molecule has 144 valence electrons. The molecule has 4 fully saturated rings. The van der Waals surface area contributed by atoms with Crippen molar-refractivity contribution in [3.05, 3.63) is 0 Å². The summed E-state index contributed by atoms with van der Waals surface area (Å²) in [5.74, 6) is 6.33. The van der Waals surface area contributed by atoms with Crippen LogP contribution in [-0.4, -0.2) is 0 Å². The molecule has 0 amide bonds. The summed E-state index contributed by atoms with van der Waals surface area (Å²) in [5, 5.41) is 0. The summed E-state index contributed by atoms with van der Waals surface area (Å²) in [6.45, 7) is 13.6. The molecular weight excluding hydrogens is 288 g/mol. The molecule has 0 N–H and O–H groups in total. The molecule has 0 spiro atoms. The van der Waals surface area contributed by atoms with Crippen LogP contribution in [-0.2, 0) is 0 Å².